The molecule has 146 valence electrons. The van der Waals surface area contributed by atoms with E-state index in [-0.39, 0.29) is 17.9 Å². The number of carbonyl (C=O) groups is 2. The standard InChI is InChI=1S/C23H25ClN2O2/c24-17-12-10-16(11-13-17)14-15-26-21(19-8-4-5-9-20(19)23(26)28)22(27)25-18-6-2-1-3-7-18/h4-5,8-13,18,21H,1-3,6-7,14-15H2,(H,25,27). The van der Waals surface area contributed by atoms with Gasteiger partial charge in [-0.15, -0.1) is 0 Å². The lowest BCUT2D eigenvalue weighted by Gasteiger charge is -2.28. The van der Waals surface area contributed by atoms with E-state index in [2.05, 4.69) is 5.32 Å². The van der Waals surface area contributed by atoms with E-state index in [0.717, 1.165) is 36.8 Å². The Morgan fingerprint density at radius 1 is 1.04 bits per heavy atom. The molecule has 0 saturated heterocycles. The maximum Gasteiger partial charge on any atom is 0.255 e. The number of hydrogen-bond donors (Lipinski definition) is 1. The number of halogens is 1. The van der Waals surface area contributed by atoms with Crippen LogP contribution < -0.4 is 5.32 Å². The van der Waals surface area contributed by atoms with Crippen molar-refractivity contribution in [2.24, 2.45) is 0 Å². The molecule has 1 heterocycles. The van der Waals surface area contributed by atoms with Crippen LogP contribution in [-0.2, 0) is 11.2 Å². The summed E-state index contributed by atoms with van der Waals surface area (Å²) in [5, 5.41) is 3.90. The summed E-state index contributed by atoms with van der Waals surface area (Å²) in [6, 6.07) is 14.8. The summed E-state index contributed by atoms with van der Waals surface area (Å²) in [5.41, 5.74) is 2.55. The van der Waals surface area contributed by atoms with Crippen LogP contribution in [0.5, 0.6) is 0 Å². The van der Waals surface area contributed by atoms with Crippen molar-refractivity contribution in [2.75, 3.05) is 6.54 Å². The molecule has 1 aliphatic carbocycles. The molecular weight excluding hydrogens is 372 g/mol. The van der Waals surface area contributed by atoms with Crippen LogP contribution in [0.2, 0.25) is 5.02 Å². The van der Waals surface area contributed by atoms with Crippen molar-refractivity contribution in [3.63, 3.8) is 0 Å². The van der Waals surface area contributed by atoms with E-state index in [1.807, 2.05) is 48.5 Å². The summed E-state index contributed by atoms with van der Waals surface area (Å²) in [4.78, 5) is 27.9. The molecule has 1 fully saturated rings. The molecule has 1 aliphatic heterocycles. The third-order valence-electron chi connectivity index (χ3n) is 5.81. The van der Waals surface area contributed by atoms with Crippen LogP contribution in [0.3, 0.4) is 0 Å². The summed E-state index contributed by atoms with van der Waals surface area (Å²) < 4.78 is 0. The molecule has 1 N–H and O–H groups in total. The molecule has 2 aliphatic rings. The van der Waals surface area contributed by atoms with Crippen LogP contribution in [0.25, 0.3) is 0 Å². The molecule has 0 bridgehead atoms. The highest BCUT2D eigenvalue weighted by molar-refractivity contribution is 6.30. The Kier molecular flexibility index (Phi) is 5.67. The minimum absolute atomic E-state index is 0.0543. The fraction of sp³-hybridized carbons (Fsp3) is 0.391. The van der Waals surface area contributed by atoms with E-state index in [4.69, 9.17) is 11.6 Å². The fourth-order valence-corrected chi connectivity index (χ4v) is 4.44. The van der Waals surface area contributed by atoms with Crippen molar-refractivity contribution in [3.8, 4) is 0 Å². The maximum atomic E-state index is 13.2. The number of nitrogens with zero attached hydrogens (tertiary/aromatic N) is 1. The Labute approximate surface area is 170 Å². The minimum atomic E-state index is -0.544. The van der Waals surface area contributed by atoms with Gasteiger partial charge in [-0.1, -0.05) is 61.2 Å². The summed E-state index contributed by atoms with van der Waals surface area (Å²) in [6.45, 7) is 0.498. The lowest BCUT2D eigenvalue weighted by atomic mass is 9.95. The molecule has 4 rings (SSSR count). The van der Waals surface area contributed by atoms with Gasteiger partial charge in [0.2, 0.25) is 5.91 Å². The molecule has 2 aromatic carbocycles. The Hall–Kier alpha value is -2.33. The average Bonchev–Trinajstić information content (AvgIpc) is 3.00. The van der Waals surface area contributed by atoms with Crippen molar-refractivity contribution >= 4 is 23.4 Å². The second-order valence-electron chi connectivity index (χ2n) is 7.71. The van der Waals surface area contributed by atoms with E-state index in [9.17, 15) is 9.59 Å². The molecule has 1 unspecified atom stereocenters. The molecule has 1 atom stereocenters. The molecule has 0 aromatic heterocycles. The first-order valence-corrected chi connectivity index (χ1v) is 10.5. The zero-order valence-electron chi connectivity index (χ0n) is 15.9. The molecule has 2 aromatic rings. The van der Waals surface area contributed by atoms with E-state index in [1.165, 1.54) is 6.42 Å². The molecule has 28 heavy (non-hydrogen) atoms. The summed E-state index contributed by atoms with van der Waals surface area (Å²) in [6.07, 6.45) is 6.29. The molecular formula is C23H25ClN2O2. The molecule has 5 heteroatoms. The zero-order chi connectivity index (χ0) is 19.5. The number of rotatable bonds is 5. The molecule has 0 radical (unpaired) electrons. The van der Waals surface area contributed by atoms with Gasteiger partial charge in [0, 0.05) is 23.2 Å². The lowest BCUT2D eigenvalue weighted by Crippen LogP contribution is -2.44. The number of benzene rings is 2. The van der Waals surface area contributed by atoms with Crippen LogP contribution in [0.1, 0.15) is 59.6 Å². The Morgan fingerprint density at radius 2 is 1.75 bits per heavy atom. The first-order chi connectivity index (χ1) is 13.6. The van der Waals surface area contributed by atoms with Gasteiger partial charge in [0.1, 0.15) is 6.04 Å². The topological polar surface area (TPSA) is 49.4 Å². The second kappa shape index (κ2) is 8.36. The van der Waals surface area contributed by atoms with Crippen molar-refractivity contribution in [3.05, 3.63) is 70.2 Å². The molecule has 2 amide bonds. The maximum absolute atomic E-state index is 13.2. The van der Waals surface area contributed by atoms with Gasteiger partial charge in [-0.2, -0.15) is 0 Å². The quantitative estimate of drug-likeness (QED) is 0.807. The van der Waals surface area contributed by atoms with Crippen LogP contribution in [0, 0.1) is 0 Å². The molecule has 0 spiro atoms. The van der Waals surface area contributed by atoms with Gasteiger partial charge in [0.05, 0.1) is 0 Å². The summed E-state index contributed by atoms with van der Waals surface area (Å²) in [7, 11) is 0. The SMILES string of the molecule is O=C(NC1CCCCC1)C1c2ccccc2C(=O)N1CCc1ccc(Cl)cc1. The smallest absolute Gasteiger partial charge is 0.255 e. The predicted octanol–water partition coefficient (Wildman–Crippen LogP) is 4.53. The van der Waals surface area contributed by atoms with E-state index < -0.39 is 6.04 Å². The number of carbonyl (C=O) groups excluding carboxylic acids is 2. The highest BCUT2D eigenvalue weighted by Crippen LogP contribution is 2.34. The Balaban J connectivity index is 1.53. The van der Waals surface area contributed by atoms with Crippen LogP contribution in [0.4, 0.5) is 0 Å². The Bertz CT molecular complexity index is 859. The molecule has 4 nitrogen and oxygen atoms in total. The predicted molar refractivity (Wildman–Crippen MR) is 110 cm³/mol. The van der Waals surface area contributed by atoms with Crippen molar-refractivity contribution < 1.29 is 9.59 Å². The monoisotopic (exact) mass is 396 g/mol. The van der Waals surface area contributed by atoms with Crippen LogP contribution >= 0.6 is 11.6 Å². The lowest BCUT2D eigenvalue weighted by molar-refractivity contribution is -0.126. The average molecular weight is 397 g/mol. The normalized spacial score (nSPS) is 19.5. The number of nitrogens with one attached hydrogen (secondary N) is 1. The van der Waals surface area contributed by atoms with Crippen molar-refractivity contribution in [1.82, 2.24) is 10.2 Å². The first-order valence-electron chi connectivity index (χ1n) is 10.1. The van der Waals surface area contributed by atoms with Gasteiger partial charge in [-0.25, -0.2) is 0 Å². The highest BCUT2D eigenvalue weighted by atomic mass is 35.5. The van der Waals surface area contributed by atoms with Gasteiger partial charge < -0.3 is 10.2 Å². The van der Waals surface area contributed by atoms with Gasteiger partial charge in [-0.05, 0) is 48.6 Å². The van der Waals surface area contributed by atoms with E-state index in [0.29, 0.717) is 23.6 Å². The van der Waals surface area contributed by atoms with Gasteiger partial charge in [0.25, 0.3) is 5.91 Å². The zero-order valence-corrected chi connectivity index (χ0v) is 16.6. The number of amides is 2. The molecule has 1 saturated carbocycles. The highest BCUT2D eigenvalue weighted by Gasteiger charge is 2.41. The largest absolute Gasteiger partial charge is 0.351 e. The summed E-state index contributed by atoms with van der Waals surface area (Å²) >= 11 is 5.96. The van der Waals surface area contributed by atoms with Crippen LogP contribution in [0.15, 0.2) is 48.5 Å². The first kappa shape index (κ1) is 19.0. The number of hydrogen-bond acceptors (Lipinski definition) is 2. The second-order valence-corrected chi connectivity index (χ2v) is 8.14. The van der Waals surface area contributed by atoms with Gasteiger partial charge in [0.15, 0.2) is 0 Å². The van der Waals surface area contributed by atoms with Gasteiger partial charge in [-0.3, -0.25) is 9.59 Å². The van der Waals surface area contributed by atoms with E-state index >= 15 is 0 Å². The third kappa shape index (κ3) is 3.93. The van der Waals surface area contributed by atoms with Crippen LogP contribution in [-0.4, -0.2) is 29.3 Å². The van der Waals surface area contributed by atoms with Crippen molar-refractivity contribution in [1.29, 1.82) is 0 Å². The minimum Gasteiger partial charge on any atom is -0.351 e. The third-order valence-corrected chi connectivity index (χ3v) is 6.06. The van der Waals surface area contributed by atoms with E-state index in [1.54, 1.807) is 4.90 Å². The summed E-state index contributed by atoms with van der Waals surface area (Å²) in [5.74, 6) is -0.116. The fourth-order valence-electron chi connectivity index (χ4n) is 4.31. The van der Waals surface area contributed by atoms with Gasteiger partial charge >= 0.3 is 0 Å². The Morgan fingerprint density at radius 3 is 2.50 bits per heavy atom. The number of fused-ring (bicyclic) bond motifs is 1. The van der Waals surface area contributed by atoms with Crippen molar-refractivity contribution in [2.45, 2.75) is 50.6 Å².